The van der Waals surface area contributed by atoms with Gasteiger partial charge >= 0.3 is 6.03 Å². The van der Waals surface area contributed by atoms with Crippen LogP contribution in [0.5, 0.6) is 0 Å². The van der Waals surface area contributed by atoms with Crippen molar-refractivity contribution in [1.82, 2.24) is 14.7 Å². The van der Waals surface area contributed by atoms with E-state index in [0.29, 0.717) is 32.0 Å². The van der Waals surface area contributed by atoms with Crippen LogP contribution in [-0.4, -0.2) is 63.3 Å². The van der Waals surface area contributed by atoms with Crippen LogP contribution in [0.15, 0.2) is 0 Å². The lowest BCUT2D eigenvalue weighted by molar-refractivity contribution is -0.140. The molecule has 0 radical (unpaired) electrons. The Balaban J connectivity index is 1.61. The third-order valence-corrected chi connectivity index (χ3v) is 5.72. The van der Waals surface area contributed by atoms with Crippen molar-refractivity contribution in [3.63, 3.8) is 0 Å². The summed E-state index contributed by atoms with van der Waals surface area (Å²) < 4.78 is 0. The summed E-state index contributed by atoms with van der Waals surface area (Å²) >= 11 is 0. The first-order chi connectivity index (χ1) is 10.6. The summed E-state index contributed by atoms with van der Waals surface area (Å²) in [4.78, 5) is 43.3. The van der Waals surface area contributed by atoms with Gasteiger partial charge < -0.3 is 9.80 Å². The van der Waals surface area contributed by atoms with E-state index < -0.39 is 11.6 Å². The summed E-state index contributed by atoms with van der Waals surface area (Å²) in [6, 6.07) is -0.429. The summed E-state index contributed by atoms with van der Waals surface area (Å²) in [5.41, 5.74) is -0.654. The van der Waals surface area contributed by atoms with Gasteiger partial charge in [-0.1, -0.05) is 13.3 Å². The molecule has 0 spiro atoms. The van der Waals surface area contributed by atoms with E-state index in [1.807, 2.05) is 11.8 Å². The van der Waals surface area contributed by atoms with Gasteiger partial charge in [0.05, 0.1) is 0 Å². The Hall–Kier alpha value is -1.59. The molecule has 3 saturated heterocycles. The van der Waals surface area contributed by atoms with Crippen LogP contribution in [0.4, 0.5) is 4.79 Å². The summed E-state index contributed by atoms with van der Waals surface area (Å²) in [5.74, 6) is -0.134. The number of rotatable bonds is 4. The number of likely N-dealkylation sites (tertiary alicyclic amines) is 1. The molecule has 4 fully saturated rings. The third kappa shape index (κ3) is 1.69. The second-order valence-electron chi connectivity index (χ2n) is 7.06. The van der Waals surface area contributed by atoms with E-state index in [-0.39, 0.29) is 17.8 Å². The Bertz CT molecular complexity index is 545. The van der Waals surface area contributed by atoms with Crippen LogP contribution in [0.2, 0.25) is 0 Å². The van der Waals surface area contributed by atoms with Gasteiger partial charge in [0.25, 0.3) is 5.91 Å². The minimum absolute atomic E-state index is 0.0166. The molecule has 2 atom stereocenters. The Labute approximate surface area is 130 Å². The SMILES string of the molecule is CCC[C@@]12CCCN1C(=O)N([C@@H]1CCN(C3CC3)C1=O)C2=O. The number of nitrogens with zero attached hydrogens (tertiary/aromatic N) is 3. The molecule has 0 aromatic carbocycles. The minimum atomic E-state index is -0.654. The average molecular weight is 305 g/mol. The zero-order valence-electron chi connectivity index (χ0n) is 13.1. The Kier molecular flexibility index (Phi) is 3.00. The fourth-order valence-corrected chi connectivity index (χ4v) is 4.55. The summed E-state index contributed by atoms with van der Waals surface area (Å²) in [6.45, 7) is 3.38. The van der Waals surface area contributed by atoms with Crippen molar-refractivity contribution in [3.05, 3.63) is 0 Å². The molecule has 0 N–H and O–H groups in total. The van der Waals surface area contributed by atoms with Crippen molar-refractivity contribution >= 4 is 17.8 Å². The number of hydrogen-bond acceptors (Lipinski definition) is 3. The van der Waals surface area contributed by atoms with Crippen molar-refractivity contribution in [3.8, 4) is 0 Å². The van der Waals surface area contributed by atoms with Crippen LogP contribution >= 0.6 is 0 Å². The number of hydrogen-bond donors (Lipinski definition) is 0. The topological polar surface area (TPSA) is 60.9 Å². The monoisotopic (exact) mass is 305 g/mol. The highest BCUT2D eigenvalue weighted by Gasteiger charge is 2.62. The first-order valence-corrected chi connectivity index (χ1v) is 8.56. The van der Waals surface area contributed by atoms with Crippen molar-refractivity contribution in [2.75, 3.05) is 13.1 Å². The summed E-state index contributed by atoms with van der Waals surface area (Å²) in [7, 11) is 0. The van der Waals surface area contributed by atoms with Gasteiger partial charge in [-0.15, -0.1) is 0 Å². The van der Waals surface area contributed by atoms with Crippen LogP contribution in [-0.2, 0) is 9.59 Å². The molecule has 6 heteroatoms. The molecule has 3 heterocycles. The molecule has 3 aliphatic heterocycles. The molecule has 4 rings (SSSR count). The highest BCUT2D eigenvalue weighted by atomic mass is 16.2. The minimum Gasteiger partial charge on any atom is -0.338 e. The number of carbonyl (C=O) groups is 3. The maximum Gasteiger partial charge on any atom is 0.328 e. The molecule has 4 amide bonds. The molecule has 1 aliphatic carbocycles. The number of carbonyl (C=O) groups excluding carboxylic acids is 3. The molecule has 120 valence electrons. The predicted molar refractivity (Wildman–Crippen MR) is 79.0 cm³/mol. The average Bonchev–Trinajstić information content (AvgIpc) is 3.09. The molecule has 1 saturated carbocycles. The van der Waals surface area contributed by atoms with Crippen molar-refractivity contribution < 1.29 is 14.4 Å². The van der Waals surface area contributed by atoms with Crippen molar-refractivity contribution in [2.45, 2.75) is 69.5 Å². The van der Waals surface area contributed by atoms with E-state index >= 15 is 0 Å². The lowest BCUT2D eigenvalue weighted by Gasteiger charge is -2.27. The van der Waals surface area contributed by atoms with E-state index in [1.165, 1.54) is 4.90 Å². The molecule has 0 unspecified atom stereocenters. The third-order valence-electron chi connectivity index (χ3n) is 5.72. The molecule has 22 heavy (non-hydrogen) atoms. The first-order valence-electron chi connectivity index (χ1n) is 8.56. The molecule has 6 nitrogen and oxygen atoms in total. The lowest BCUT2D eigenvalue weighted by atomic mass is 9.90. The van der Waals surface area contributed by atoms with Crippen molar-refractivity contribution in [1.29, 1.82) is 0 Å². The largest absolute Gasteiger partial charge is 0.338 e. The highest BCUT2D eigenvalue weighted by Crippen LogP contribution is 2.43. The van der Waals surface area contributed by atoms with Crippen molar-refractivity contribution in [2.24, 2.45) is 0 Å². The van der Waals surface area contributed by atoms with Gasteiger partial charge in [0, 0.05) is 19.1 Å². The maximum absolute atomic E-state index is 13.0. The Morgan fingerprint density at radius 1 is 1.14 bits per heavy atom. The van der Waals surface area contributed by atoms with Gasteiger partial charge in [-0.25, -0.2) is 9.69 Å². The number of amides is 4. The van der Waals surface area contributed by atoms with E-state index in [2.05, 4.69) is 0 Å². The summed E-state index contributed by atoms with van der Waals surface area (Å²) in [5, 5.41) is 0. The second-order valence-corrected chi connectivity index (χ2v) is 7.06. The van der Waals surface area contributed by atoms with E-state index in [0.717, 1.165) is 32.1 Å². The van der Waals surface area contributed by atoms with E-state index in [1.54, 1.807) is 4.90 Å². The molecular formula is C16H23N3O3. The molecule has 0 aromatic rings. The molecule has 0 bridgehead atoms. The van der Waals surface area contributed by atoms with Crippen LogP contribution in [0.25, 0.3) is 0 Å². The molecular weight excluding hydrogens is 282 g/mol. The van der Waals surface area contributed by atoms with Crippen LogP contribution < -0.4 is 0 Å². The fraction of sp³-hybridized carbons (Fsp3) is 0.812. The van der Waals surface area contributed by atoms with Gasteiger partial charge in [0.15, 0.2) is 0 Å². The quantitative estimate of drug-likeness (QED) is 0.737. The zero-order chi connectivity index (χ0) is 15.5. The second kappa shape index (κ2) is 4.70. The molecule has 4 aliphatic rings. The van der Waals surface area contributed by atoms with Gasteiger partial charge in [0.1, 0.15) is 11.6 Å². The van der Waals surface area contributed by atoms with Crippen LogP contribution in [0.3, 0.4) is 0 Å². The maximum atomic E-state index is 13.0. The number of imide groups is 1. The van der Waals surface area contributed by atoms with Gasteiger partial charge in [-0.2, -0.15) is 0 Å². The van der Waals surface area contributed by atoms with Gasteiger partial charge in [-0.3, -0.25) is 9.59 Å². The van der Waals surface area contributed by atoms with Gasteiger partial charge in [-0.05, 0) is 38.5 Å². The van der Waals surface area contributed by atoms with Crippen LogP contribution in [0.1, 0.15) is 51.9 Å². The highest BCUT2D eigenvalue weighted by molar-refractivity contribution is 6.10. The number of fused-ring (bicyclic) bond motifs is 1. The fourth-order valence-electron chi connectivity index (χ4n) is 4.55. The van der Waals surface area contributed by atoms with E-state index in [9.17, 15) is 14.4 Å². The van der Waals surface area contributed by atoms with E-state index in [4.69, 9.17) is 0 Å². The standard InChI is InChI=1S/C16H23N3O3/c1-2-7-16-8-3-9-18(16)15(22)19(14(16)21)12-6-10-17(13(12)20)11-4-5-11/h11-12H,2-10H2,1H3/t12-,16+/m1/s1. The first kappa shape index (κ1) is 14.0. The molecule has 0 aromatic heterocycles. The number of urea groups is 1. The Morgan fingerprint density at radius 2 is 1.91 bits per heavy atom. The summed E-state index contributed by atoms with van der Waals surface area (Å²) in [6.07, 6.45) is 5.94. The predicted octanol–water partition coefficient (Wildman–Crippen LogP) is 1.35. The normalized spacial score (nSPS) is 35.0. The van der Waals surface area contributed by atoms with Gasteiger partial charge in [0.2, 0.25) is 5.91 Å². The Morgan fingerprint density at radius 3 is 2.59 bits per heavy atom. The lowest BCUT2D eigenvalue weighted by Crippen LogP contribution is -2.48. The smallest absolute Gasteiger partial charge is 0.328 e. The zero-order valence-corrected chi connectivity index (χ0v) is 13.1. The van der Waals surface area contributed by atoms with Crippen LogP contribution in [0, 0.1) is 0 Å².